The zero-order valence-electron chi connectivity index (χ0n) is 17.1. The lowest BCUT2D eigenvalue weighted by Gasteiger charge is -2.47. The van der Waals surface area contributed by atoms with E-state index in [0.29, 0.717) is 24.5 Å². The van der Waals surface area contributed by atoms with Crippen molar-refractivity contribution in [3.63, 3.8) is 0 Å². The van der Waals surface area contributed by atoms with Crippen molar-refractivity contribution in [2.24, 2.45) is 29.6 Å². The number of aliphatic hydroxyl groups is 4. The van der Waals surface area contributed by atoms with Crippen molar-refractivity contribution in [2.75, 3.05) is 6.61 Å². The number of carbonyl (C=O) groups excluding carboxylic acids is 1. The van der Waals surface area contributed by atoms with Gasteiger partial charge in [-0.15, -0.1) is 0 Å². The van der Waals surface area contributed by atoms with Gasteiger partial charge >= 0.3 is 0 Å². The summed E-state index contributed by atoms with van der Waals surface area (Å²) >= 11 is 0. The minimum atomic E-state index is -1.45. The third-order valence-corrected chi connectivity index (χ3v) is 6.85. The molecule has 4 N–H and O–H groups in total. The number of fused-ring (bicyclic) bond motifs is 1. The molecule has 0 bridgehead atoms. The van der Waals surface area contributed by atoms with Crippen molar-refractivity contribution in [1.29, 1.82) is 0 Å². The Bertz CT molecular complexity index is 602. The van der Waals surface area contributed by atoms with Gasteiger partial charge in [-0.25, -0.2) is 0 Å². The molecule has 2 aliphatic carbocycles. The highest BCUT2D eigenvalue weighted by Crippen LogP contribution is 2.47. The van der Waals surface area contributed by atoms with Gasteiger partial charge in [-0.1, -0.05) is 26.8 Å². The van der Waals surface area contributed by atoms with Crippen LogP contribution in [0.4, 0.5) is 0 Å². The number of carbonyl (C=O) groups is 1. The molecule has 0 aromatic carbocycles. The molecular formula is C21H34O7. The van der Waals surface area contributed by atoms with Crippen LogP contribution in [0.3, 0.4) is 0 Å². The van der Waals surface area contributed by atoms with Crippen molar-refractivity contribution >= 4 is 5.78 Å². The Kier molecular flexibility index (Phi) is 6.64. The molecule has 1 saturated carbocycles. The van der Waals surface area contributed by atoms with Gasteiger partial charge < -0.3 is 29.9 Å². The number of ketones is 1. The molecule has 7 nitrogen and oxygen atoms in total. The van der Waals surface area contributed by atoms with E-state index in [1.165, 1.54) is 0 Å². The van der Waals surface area contributed by atoms with Crippen molar-refractivity contribution in [3.8, 4) is 0 Å². The van der Waals surface area contributed by atoms with Crippen LogP contribution in [-0.4, -0.2) is 69.6 Å². The predicted molar refractivity (Wildman–Crippen MR) is 101 cm³/mol. The first kappa shape index (κ1) is 21.9. The number of hydrogen-bond acceptors (Lipinski definition) is 7. The fourth-order valence-corrected chi connectivity index (χ4v) is 5.25. The van der Waals surface area contributed by atoms with Gasteiger partial charge in [0.2, 0.25) is 0 Å². The van der Waals surface area contributed by atoms with Gasteiger partial charge in [-0.3, -0.25) is 4.79 Å². The summed E-state index contributed by atoms with van der Waals surface area (Å²) in [5, 5.41) is 39.6. The molecule has 160 valence electrons. The Morgan fingerprint density at radius 3 is 2.50 bits per heavy atom. The first-order valence-corrected chi connectivity index (χ1v) is 10.3. The Balaban J connectivity index is 1.78. The van der Waals surface area contributed by atoms with Crippen LogP contribution in [0.15, 0.2) is 11.6 Å². The molecule has 1 heterocycles. The molecule has 28 heavy (non-hydrogen) atoms. The second-order valence-corrected chi connectivity index (χ2v) is 9.13. The molecule has 0 radical (unpaired) electrons. The second kappa shape index (κ2) is 8.50. The second-order valence-electron chi connectivity index (χ2n) is 9.13. The van der Waals surface area contributed by atoms with Crippen molar-refractivity contribution in [1.82, 2.24) is 0 Å². The number of hydrogen-bond donors (Lipinski definition) is 4. The summed E-state index contributed by atoms with van der Waals surface area (Å²) in [6.07, 6.45) is -3.27. The van der Waals surface area contributed by atoms with Crippen LogP contribution in [0.25, 0.3) is 0 Å². The average molecular weight is 398 g/mol. The molecule has 7 heteroatoms. The molecule has 0 aromatic heterocycles. The molecule has 0 unspecified atom stereocenters. The SMILES string of the molecule is CC1=C[C@H]2[C@H](C[C@@H]1O[C@H]1O[C@@H](CO)[C@@H](O)[C@@H](O)[C@H]1O)[C@H](C)CC(=O)[C@@H]2C(C)C. The monoisotopic (exact) mass is 398 g/mol. The Labute approximate surface area is 166 Å². The maximum absolute atomic E-state index is 12.6. The molecule has 0 amide bonds. The van der Waals surface area contributed by atoms with Crippen LogP contribution in [0.2, 0.25) is 0 Å². The Morgan fingerprint density at radius 1 is 1.21 bits per heavy atom. The summed E-state index contributed by atoms with van der Waals surface area (Å²) in [5.41, 5.74) is 0.978. The zero-order valence-corrected chi connectivity index (χ0v) is 17.1. The first-order chi connectivity index (χ1) is 13.1. The third-order valence-electron chi connectivity index (χ3n) is 6.85. The summed E-state index contributed by atoms with van der Waals surface area (Å²) < 4.78 is 11.5. The van der Waals surface area contributed by atoms with E-state index in [1.807, 2.05) is 6.92 Å². The summed E-state index contributed by atoms with van der Waals surface area (Å²) in [4.78, 5) is 12.6. The fraction of sp³-hybridized carbons (Fsp3) is 0.857. The van der Waals surface area contributed by atoms with Gasteiger partial charge in [0.05, 0.1) is 12.7 Å². The van der Waals surface area contributed by atoms with Crippen LogP contribution in [-0.2, 0) is 14.3 Å². The molecule has 2 fully saturated rings. The van der Waals surface area contributed by atoms with Crippen LogP contribution in [0.5, 0.6) is 0 Å². The van der Waals surface area contributed by atoms with Gasteiger partial charge in [0.1, 0.15) is 30.2 Å². The first-order valence-electron chi connectivity index (χ1n) is 10.3. The highest BCUT2D eigenvalue weighted by molar-refractivity contribution is 5.83. The lowest BCUT2D eigenvalue weighted by molar-refractivity contribution is -0.310. The van der Waals surface area contributed by atoms with Crippen LogP contribution in [0.1, 0.15) is 40.5 Å². The quantitative estimate of drug-likeness (QED) is 0.513. The van der Waals surface area contributed by atoms with Crippen molar-refractivity contribution < 1.29 is 34.7 Å². The van der Waals surface area contributed by atoms with Crippen LogP contribution < -0.4 is 0 Å². The zero-order chi connectivity index (χ0) is 20.7. The fourth-order valence-electron chi connectivity index (χ4n) is 5.25. The molecule has 3 rings (SSSR count). The normalized spacial score (nSPS) is 47.0. The highest BCUT2D eigenvalue weighted by atomic mass is 16.7. The summed E-state index contributed by atoms with van der Waals surface area (Å²) in [7, 11) is 0. The van der Waals surface area contributed by atoms with E-state index < -0.39 is 37.3 Å². The van der Waals surface area contributed by atoms with E-state index in [4.69, 9.17) is 9.47 Å². The van der Waals surface area contributed by atoms with Crippen molar-refractivity contribution in [2.45, 2.75) is 77.3 Å². The standard InChI is InChI=1S/C21H34O7/c1-9(2)17-13-5-11(4)15(7-12(13)10(3)6-14(17)23)27-21-20(26)19(25)18(24)16(8-22)28-21/h5,9-10,12-13,15-22,24-26H,6-8H2,1-4H3/t10-,12-,13+,15+,16+,17-,18-,19-,20-,21+/m1/s1. The molecular weight excluding hydrogens is 364 g/mol. The van der Waals surface area contributed by atoms with Gasteiger partial charge in [0.25, 0.3) is 0 Å². The van der Waals surface area contributed by atoms with Crippen LogP contribution >= 0.6 is 0 Å². The lowest BCUT2D eigenvalue weighted by atomic mass is 9.59. The topological polar surface area (TPSA) is 116 Å². The number of aliphatic hydroxyl groups excluding tert-OH is 4. The van der Waals surface area contributed by atoms with E-state index >= 15 is 0 Å². The Hall–Kier alpha value is -0.830. The minimum Gasteiger partial charge on any atom is -0.394 e. The maximum Gasteiger partial charge on any atom is 0.187 e. The summed E-state index contributed by atoms with van der Waals surface area (Å²) in [6, 6.07) is 0. The Morgan fingerprint density at radius 2 is 1.89 bits per heavy atom. The van der Waals surface area contributed by atoms with E-state index in [0.717, 1.165) is 5.57 Å². The maximum atomic E-state index is 12.6. The molecule has 10 atom stereocenters. The van der Waals surface area contributed by atoms with E-state index in [9.17, 15) is 25.2 Å². The van der Waals surface area contributed by atoms with E-state index in [-0.39, 0.29) is 29.8 Å². The van der Waals surface area contributed by atoms with E-state index in [2.05, 4.69) is 26.8 Å². The molecule has 1 aliphatic heterocycles. The molecule has 1 saturated heterocycles. The largest absolute Gasteiger partial charge is 0.394 e. The van der Waals surface area contributed by atoms with Gasteiger partial charge in [0.15, 0.2) is 6.29 Å². The predicted octanol–water partition coefficient (Wildman–Crippen LogP) is 0.635. The minimum absolute atomic E-state index is 0.0179. The molecule has 3 aliphatic rings. The molecule has 0 spiro atoms. The number of rotatable bonds is 4. The van der Waals surface area contributed by atoms with Crippen molar-refractivity contribution in [3.05, 3.63) is 11.6 Å². The lowest BCUT2D eigenvalue weighted by Crippen LogP contribution is -2.60. The summed E-state index contributed by atoms with van der Waals surface area (Å²) in [5.74, 6) is 1.36. The number of ether oxygens (including phenoxy) is 2. The number of Topliss-reactive ketones (excluding diaryl/α,β-unsaturated/α-hetero) is 1. The van der Waals surface area contributed by atoms with Gasteiger partial charge in [-0.05, 0) is 42.6 Å². The number of allylic oxidation sites excluding steroid dienone is 1. The van der Waals surface area contributed by atoms with E-state index in [1.54, 1.807) is 0 Å². The van der Waals surface area contributed by atoms with Gasteiger partial charge in [0, 0.05) is 12.3 Å². The van der Waals surface area contributed by atoms with Crippen LogP contribution in [0, 0.1) is 29.6 Å². The average Bonchev–Trinajstić information content (AvgIpc) is 2.62. The highest BCUT2D eigenvalue weighted by Gasteiger charge is 2.48. The third kappa shape index (κ3) is 3.93. The van der Waals surface area contributed by atoms with Gasteiger partial charge in [-0.2, -0.15) is 0 Å². The summed E-state index contributed by atoms with van der Waals surface area (Å²) in [6.45, 7) is 7.76. The molecule has 0 aromatic rings. The smallest absolute Gasteiger partial charge is 0.187 e.